The third kappa shape index (κ3) is 7.65. The Morgan fingerprint density at radius 3 is 2.14 bits per heavy atom. The second-order valence-electron chi connectivity index (χ2n) is 9.64. The summed E-state index contributed by atoms with van der Waals surface area (Å²) in [7, 11) is 0. The summed E-state index contributed by atoms with van der Waals surface area (Å²) in [6, 6.07) is 8.40. The van der Waals surface area contributed by atoms with Crippen LogP contribution in [0, 0.1) is 0 Å². The second-order valence-corrected chi connectivity index (χ2v) is 10.1. The van der Waals surface area contributed by atoms with Crippen molar-refractivity contribution < 1.29 is 19.1 Å². The Bertz CT molecular complexity index is 1200. The molecule has 35 heavy (non-hydrogen) atoms. The number of carbonyl (C=O) groups is 2. The van der Waals surface area contributed by atoms with E-state index in [4.69, 9.17) is 21.1 Å². The zero-order chi connectivity index (χ0) is 25.8. The van der Waals surface area contributed by atoms with Gasteiger partial charge in [-0.3, -0.25) is 15.3 Å². The summed E-state index contributed by atoms with van der Waals surface area (Å²) in [6.07, 6.45) is 4.84. The Hall–Kier alpha value is -3.72. The minimum absolute atomic E-state index is 0.240. The summed E-state index contributed by atoms with van der Waals surface area (Å²) in [6.45, 7) is 10.7. The quantitative estimate of drug-likeness (QED) is 0.432. The van der Waals surface area contributed by atoms with E-state index in [2.05, 4.69) is 20.3 Å². The number of ether oxygens (including phenoxy) is 2. The first-order valence-corrected chi connectivity index (χ1v) is 11.2. The summed E-state index contributed by atoms with van der Waals surface area (Å²) >= 11 is 6.03. The molecule has 0 atom stereocenters. The van der Waals surface area contributed by atoms with E-state index in [1.807, 2.05) is 0 Å². The number of hydrogen-bond acceptors (Lipinski definition) is 7. The number of anilines is 3. The molecule has 184 valence electrons. The van der Waals surface area contributed by atoms with Crippen LogP contribution in [0.4, 0.5) is 26.8 Å². The van der Waals surface area contributed by atoms with Crippen molar-refractivity contribution in [1.82, 2.24) is 15.0 Å². The molecular weight excluding hydrogens is 470 g/mol. The average Bonchev–Trinajstić information content (AvgIpc) is 2.73. The van der Waals surface area contributed by atoms with Gasteiger partial charge in [-0.2, -0.15) is 0 Å². The van der Waals surface area contributed by atoms with Crippen LogP contribution in [-0.4, -0.2) is 38.3 Å². The minimum atomic E-state index is -0.724. The van der Waals surface area contributed by atoms with Crippen LogP contribution < -0.4 is 10.2 Å². The molecule has 0 fully saturated rings. The standard InChI is InChI=1S/C25H28ClN5O4/c1-24(2,3)34-22(32)29-18-11-16(12-27-13-18)20-14-28-15-21(30-20)31(23(33)35-25(4,5)6)19-9-7-17(26)8-10-19/h7-15H,1-6H3,(H,29,32). The first-order chi connectivity index (χ1) is 16.3. The molecule has 10 heteroatoms. The summed E-state index contributed by atoms with van der Waals surface area (Å²) < 4.78 is 10.9. The zero-order valence-electron chi connectivity index (χ0n) is 20.5. The van der Waals surface area contributed by atoms with E-state index in [1.54, 1.807) is 78.1 Å². The maximum atomic E-state index is 13.1. The van der Waals surface area contributed by atoms with Gasteiger partial charge in [-0.1, -0.05) is 11.6 Å². The van der Waals surface area contributed by atoms with Crippen LogP contribution in [0.15, 0.2) is 55.1 Å². The van der Waals surface area contributed by atoms with E-state index in [1.165, 1.54) is 23.5 Å². The van der Waals surface area contributed by atoms with Gasteiger partial charge >= 0.3 is 12.2 Å². The molecule has 0 bridgehead atoms. The van der Waals surface area contributed by atoms with Gasteiger partial charge < -0.3 is 9.47 Å². The summed E-state index contributed by atoms with van der Waals surface area (Å²) in [4.78, 5) is 39.6. The van der Waals surface area contributed by atoms with Crippen molar-refractivity contribution in [3.63, 3.8) is 0 Å². The second kappa shape index (κ2) is 10.3. The molecular formula is C25H28ClN5O4. The Labute approximate surface area is 209 Å². The third-order valence-corrected chi connectivity index (χ3v) is 4.44. The number of nitrogens with zero attached hydrogens (tertiary/aromatic N) is 4. The molecule has 2 amide bonds. The number of halogens is 1. The lowest BCUT2D eigenvalue weighted by molar-refractivity contribution is 0.0595. The topological polar surface area (TPSA) is 107 Å². The number of carbonyl (C=O) groups excluding carboxylic acids is 2. The van der Waals surface area contributed by atoms with Gasteiger partial charge in [0.2, 0.25) is 0 Å². The predicted molar refractivity (Wildman–Crippen MR) is 135 cm³/mol. The maximum absolute atomic E-state index is 13.1. The molecule has 0 aliphatic heterocycles. The van der Waals surface area contributed by atoms with Crippen LogP contribution in [0.25, 0.3) is 11.3 Å². The fourth-order valence-electron chi connectivity index (χ4n) is 2.90. The van der Waals surface area contributed by atoms with Crippen molar-refractivity contribution in [1.29, 1.82) is 0 Å². The minimum Gasteiger partial charge on any atom is -0.444 e. The van der Waals surface area contributed by atoms with Crippen molar-refractivity contribution in [3.05, 3.63) is 60.1 Å². The van der Waals surface area contributed by atoms with E-state index in [0.717, 1.165) is 0 Å². The lowest BCUT2D eigenvalue weighted by atomic mass is 10.2. The van der Waals surface area contributed by atoms with Gasteiger partial charge in [-0.05, 0) is 71.9 Å². The highest BCUT2D eigenvalue weighted by Crippen LogP contribution is 2.29. The fraction of sp³-hybridized carbons (Fsp3) is 0.320. The smallest absolute Gasteiger partial charge is 0.420 e. The molecule has 0 aliphatic rings. The molecule has 3 aromatic rings. The Morgan fingerprint density at radius 1 is 0.886 bits per heavy atom. The number of pyridine rings is 1. The largest absolute Gasteiger partial charge is 0.444 e. The highest BCUT2D eigenvalue weighted by Gasteiger charge is 2.26. The van der Waals surface area contributed by atoms with E-state index in [9.17, 15) is 9.59 Å². The summed E-state index contributed by atoms with van der Waals surface area (Å²) in [5, 5.41) is 3.18. The first-order valence-electron chi connectivity index (χ1n) is 10.9. The highest BCUT2D eigenvalue weighted by molar-refractivity contribution is 6.30. The van der Waals surface area contributed by atoms with Crippen LogP contribution >= 0.6 is 11.6 Å². The van der Waals surface area contributed by atoms with Crippen LogP contribution in [0.5, 0.6) is 0 Å². The van der Waals surface area contributed by atoms with Crippen LogP contribution in [-0.2, 0) is 9.47 Å². The Kier molecular flexibility index (Phi) is 7.60. The number of aromatic nitrogens is 3. The molecule has 2 heterocycles. The summed E-state index contributed by atoms with van der Waals surface area (Å²) in [5.74, 6) is 0.240. The van der Waals surface area contributed by atoms with Crippen LogP contribution in [0.1, 0.15) is 41.5 Å². The van der Waals surface area contributed by atoms with Crippen LogP contribution in [0.3, 0.4) is 0 Å². The number of benzene rings is 1. The highest BCUT2D eigenvalue weighted by atomic mass is 35.5. The zero-order valence-corrected chi connectivity index (χ0v) is 21.3. The van der Waals surface area contributed by atoms with E-state index in [0.29, 0.717) is 27.7 Å². The lowest BCUT2D eigenvalue weighted by Crippen LogP contribution is -2.34. The Balaban J connectivity index is 1.95. The third-order valence-electron chi connectivity index (χ3n) is 4.19. The molecule has 2 aromatic heterocycles. The van der Waals surface area contributed by atoms with E-state index >= 15 is 0 Å². The fourth-order valence-corrected chi connectivity index (χ4v) is 3.03. The SMILES string of the molecule is CC(C)(C)OC(=O)Nc1cncc(-c2cncc(N(C(=O)OC(C)(C)C)c3ccc(Cl)cc3)n2)c1. The normalized spacial score (nSPS) is 11.5. The monoisotopic (exact) mass is 497 g/mol. The van der Waals surface area contributed by atoms with Crippen molar-refractivity contribution in [2.24, 2.45) is 0 Å². The molecule has 0 unspecified atom stereocenters. The average molecular weight is 498 g/mol. The maximum Gasteiger partial charge on any atom is 0.420 e. The molecule has 1 aromatic carbocycles. The Morgan fingerprint density at radius 2 is 1.51 bits per heavy atom. The molecule has 0 radical (unpaired) electrons. The molecule has 0 aliphatic carbocycles. The van der Waals surface area contributed by atoms with Gasteiger partial charge in [0.25, 0.3) is 0 Å². The van der Waals surface area contributed by atoms with Gasteiger partial charge in [0.05, 0.1) is 35.7 Å². The molecule has 0 saturated heterocycles. The predicted octanol–water partition coefficient (Wildman–Crippen LogP) is 6.61. The first kappa shape index (κ1) is 25.9. The number of rotatable bonds is 4. The van der Waals surface area contributed by atoms with Gasteiger partial charge in [-0.15, -0.1) is 0 Å². The molecule has 1 N–H and O–H groups in total. The molecule has 3 rings (SSSR count). The van der Waals surface area contributed by atoms with Crippen molar-refractivity contribution >= 4 is 41.0 Å². The van der Waals surface area contributed by atoms with E-state index in [-0.39, 0.29) is 5.82 Å². The number of hydrogen-bond donors (Lipinski definition) is 1. The molecule has 9 nitrogen and oxygen atoms in total. The van der Waals surface area contributed by atoms with Crippen LogP contribution in [0.2, 0.25) is 5.02 Å². The summed E-state index contributed by atoms with van der Waals surface area (Å²) in [5.41, 5.74) is 0.581. The van der Waals surface area contributed by atoms with E-state index < -0.39 is 23.4 Å². The van der Waals surface area contributed by atoms with Gasteiger partial charge in [0, 0.05) is 16.8 Å². The van der Waals surface area contributed by atoms with Crippen molar-refractivity contribution in [2.75, 3.05) is 10.2 Å². The lowest BCUT2D eigenvalue weighted by Gasteiger charge is -2.27. The number of nitrogens with one attached hydrogen (secondary N) is 1. The molecule has 0 spiro atoms. The molecule has 0 saturated carbocycles. The van der Waals surface area contributed by atoms with Crippen molar-refractivity contribution in [3.8, 4) is 11.3 Å². The van der Waals surface area contributed by atoms with Gasteiger partial charge in [0.15, 0.2) is 5.82 Å². The van der Waals surface area contributed by atoms with Gasteiger partial charge in [0.1, 0.15) is 11.2 Å². The number of amides is 2. The van der Waals surface area contributed by atoms with Crippen molar-refractivity contribution in [2.45, 2.75) is 52.7 Å². The van der Waals surface area contributed by atoms with Gasteiger partial charge in [-0.25, -0.2) is 19.5 Å².